The minimum absolute atomic E-state index is 0. The van der Waals surface area contributed by atoms with Gasteiger partial charge in [0, 0.05) is 22.4 Å². The predicted octanol–water partition coefficient (Wildman–Crippen LogP) is 2.75. The Morgan fingerprint density at radius 1 is 1.13 bits per heavy atom. The SMILES string of the molecule is Cc1c(C(=O)/C=C/c2ccccc2)c(=O)[n-]c2ncccc12.[Ta]. The van der Waals surface area contributed by atoms with Crippen LogP contribution in [0.4, 0.5) is 0 Å². The van der Waals surface area contributed by atoms with Gasteiger partial charge in [0.25, 0.3) is 0 Å². The summed E-state index contributed by atoms with van der Waals surface area (Å²) in [5.74, 6) is -0.343. The van der Waals surface area contributed by atoms with Gasteiger partial charge in [0.15, 0.2) is 11.3 Å². The number of carbonyl (C=O) groups excluding carboxylic acids is 1. The van der Waals surface area contributed by atoms with Crippen molar-refractivity contribution in [2.75, 3.05) is 0 Å². The van der Waals surface area contributed by atoms with E-state index in [2.05, 4.69) is 9.97 Å². The second-order valence-corrected chi connectivity index (χ2v) is 4.90. The molecule has 3 rings (SSSR count). The molecule has 5 heteroatoms. The Kier molecular flexibility index (Phi) is 5.45. The zero-order valence-electron chi connectivity index (χ0n) is 12.4. The van der Waals surface area contributed by atoms with Crippen LogP contribution in [0.1, 0.15) is 21.5 Å². The molecule has 2 aromatic heterocycles. The van der Waals surface area contributed by atoms with Crippen LogP contribution in [0.3, 0.4) is 0 Å². The molecule has 0 atom stereocenters. The first-order valence-corrected chi connectivity index (χ1v) is 6.86. The minimum atomic E-state index is -0.536. The Bertz CT molecular complexity index is 931. The summed E-state index contributed by atoms with van der Waals surface area (Å²) in [7, 11) is 0. The second kappa shape index (κ2) is 7.33. The second-order valence-electron chi connectivity index (χ2n) is 4.90. The molecule has 0 unspecified atom stereocenters. The number of carbonyl (C=O) groups is 1. The molecule has 0 saturated heterocycles. The number of rotatable bonds is 3. The maximum atomic E-state index is 12.4. The Morgan fingerprint density at radius 3 is 2.61 bits per heavy atom. The third-order valence-corrected chi connectivity index (χ3v) is 3.46. The van der Waals surface area contributed by atoms with Gasteiger partial charge in [-0.15, -0.1) is 0 Å². The van der Waals surface area contributed by atoms with Crippen molar-refractivity contribution in [2.24, 2.45) is 0 Å². The summed E-state index contributed by atoms with van der Waals surface area (Å²) in [6, 6.07) is 13.0. The molecule has 0 amide bonds. The van der Waals surface area contributed by atoms with Gasteiger partial charge in [0.2, 0.25) is 0 Å². The smallest absolute Gasteiger partial charge is 0.189 e. The van der Waals surface area contributed by atoms with Crippen molar-refractivity contribution in [1.29, 1.82) is 0 Å². The zero-order chi connectivity index (χ0) is 15.5. The maximum absolute atomic E-state index is 12.4. The number of pyridine rings is 2. The number of ketones is 1. The molecular formula is C18H13N2O2Ta-. The van der Waals surface area contributed by atoms with E-state index in [4.69, 9.17) is 0 Å². The van der Waals surface area contributed by atoms with E-state index in [1.165, 1.54) is 6.08 Å². The summed E-state index contributed by atoms with van der Waals surface area (Å²) >= 11 is 0. The van der Waals surface area contributed by atoms with Crippen LogP contribution in [0.15, 0.2) is 59.5 Å². The predicted molar refractivity (Wildman–Crippen MR) is 85.9 cm³/mol. The third kappa shape index (κ3) is 3.56. The molecular weight excluding hydrogens is 457 g/mol. The van der Waals surface area contributed by atoms with Crippen LogP contribution in [-0.4, -0.2) is 10.8 Å². The van der Waals surface area contributed by atoms with Crippen LogP contribution in [0, 0.1) is 6.92 Å². The number of hydrogen-bond acceptors (Lipinski definition) is 3. The zero-order valence-corrected chi connectivity index (χ0v) is 15.6. The molecule has 4 nitrogen and oxygen atoms in total. The van der Waals surface area contributed by atoms with E-state index in [-0.39, 0.29) is 33.7 Å². The quantitative estimate of drug-likeness (QED) is 0.437. The molecule has 0 aliphatic rings. The van der Waals surface area contributed by atoms with E-state index in [0.717, 1.165) is 10.9 Å². The van der Waals surface area contributed by atoms with Crippen molar-refractivity contribution in [3.05, 3.63) is 81.8 Å². The molecule has 23 heavy (non-hydrogen) atoms. The summed E-state index contributed by atoms with van der Waals surface area (Å²) in [4.78, 5) is 32.4. The average molecular weight is 470 g/mol. The largest absolute Gasteiger partial charge is 0.442 e. The molecule has 3 aromatic rings. The van der Waals surface area contributed by atoms with Crippen LogP contribution in [0.25, 0.3) is 17.1 Å². The fraction of sp³-hybridized carbons (Fsp3) is 0.0556. The molecule has 1 radical (unpaired) electrons. The molecule has 0 fully saturated rings. The van der Waals surface area contributed by atoms with Gasteiger partial charge in [-0.25, -0.2) is 0 Å². The van der Waals surface area contributed by atoms with Gasteiger partial charge < -0.3 is 9.97 Å². The summed E-state index contributed by atoms with van der Waals surface area (Å²) < 4.78 is 0. The van der Waals surface area contributed by atoms with E-state index in [9.17, 15) is 9.59 Å². The monoisotopic (exact) mass is 470 g/mol. The summed E-state index contributed by atoms with van der Waals surface area (Å²) in [5, 5.41) is 0.721. The number of aryl methyl sites for hydroxylation is 1. The molecule has 0 aliphatic heterocycles. The first-order chi connectivity index (χ1) is 10.7. The fourth-order valence-electron chi connectivity index (χ4n) is 2.34. The molecule has 0 N–H and O–H groups in total. The van der Waals surface area contributed by atoms with Crippen LogP contribution in [0.2, 0.25) is 0 Å². The fourth-order valence-corrected chi connectivity index (χ4v) is 2.34. The van der Waals surface area contributed by atoms with Gasteiger partial charge in [0.05, 0.1) is 5.56 Å². The van der Waals surface area contributed by atoms with Crippen molar-refractivity contribution >= 4 is 22.9 Å². The first kappa shape index (κ1) is 17.1. The van der Waals surface area contributed by atoms with Crippen molar-refractivity contribution < 1.29 is 27.2 Å². The van der Waals surface area contributed by atoms with E-state index >= 15 is 0 Å². The minimum Gasteiger partial charge on any atom is -0.442 e. The molecule has 0 bridgehead atoms. The van der Waals surface area contributed by atoms with Gasteiger partial charge in [-0.2, -0.15) is 0 Å². The van der Waals surface area contributed by atoms with Crippen LogP contribution in [-0.2, 0) is 22.4 Å². The van der Waals surface area contributed by atoms with Gasteiger partial charge in [-0.3, -0.25) is 9.59 Å². The van der Waals surface area contributed by atoms with E-state index in [1.807, 2.05) is 36.4 Å². The molecule has 1 aromatic carbocycles. The Hall–Kier alpha value is -2.27. The average Bonchev–Trinajstić information content (AvgIpc) is 2.54. The maximum Gasteiger partial charge on any atom is 0.189 e. The van der Waals surface area contributed by atoms with Crippen LogP contribution >= 0.6 is 0 Å². The van der Waals surface area contributed by atoms with Crippen molar-refractivity contribution in [3.8, 4) is 0 Å². The summed E-state index contributed by atoms with van der Waals surface area (Å²) in [6.07, 6.45) is 4.67. The van der Waals surface area contributed by atoms with Crippen molar-refractivity contribution in [3.63, 3.8) is 0 Å². The number of benzene rings is 1. The number of nitrogens with zero attached hydrogens (tertiary/aromatic N) is 2. The topological polar surface area (TPSA) is 61.1 Å². The Balaban J connectivity index is 0.00000192. The van der Waals surface area contributed by atoms with Gasteiger partial charge in [0.1, 0.15) is 0 Å². The van der Waals surface area contributed by atoms with E-state index in [1.54, 1.807) is 25.3 Å². The number of hydrogen-bond donors (Lipinski definition) is 0. The number of fused-ring (bicyclic) bond motifs is 1. The Morgan fingerprint density at radius 2 is 1.87 bits per heavy atom. The van der Waals surface area contributed by atoms with Gasteiger partial charge in [-0.1, -0.05) is 54.7 Å². The molecule has 0 spiro atoms. The van der Waals surface area contributed by atoms with Crippen LogP contribution in [0.5, 0.6) is 0 Å². The molecule has 0 aliphatic carbocycles. The summed E-state index contributed by atoms with van der Waals surface area (Å²) in [6.45, 7) is 1.75. The number of allylic oxidation sites excluding steroid dienone is 1. The third-order valence-electron chi connectivity index (χ3n) is 3.46. The van der Waals surface area contributed by atoms with Crippen molar-refractivity contribution in [1.82, 2.24) is 9.97 Å². The Labute approximate surface area is 148 Å². The van der Waals surface area contributed by atoms with Crippen LogP contribution < -0.4 is 10.5 Å². The molecule has 113 valence electrons. The standard InChI is InChI=1S/C18H14N2O2.Ta/c1-12-14-8-5-11-19-17(14)20-18(22)16(12)15(21)10-9-13-6-3-2-4-7-13;/h2-11H,1H3,(H,19,20,21,22);/p-1/b10-9+;. The van der Waals surface area contributed by atoms with E-state index in [0.29, 0.717) is 11.2 Å². The normalized spacial score (nSPS) is 10.7. The first-order valence-electron chi connectivity index (χ1n) is 6.86. The molecule has 0 saturated carbocycles. The number of aromatic nitrogens is 2. The molecule has 2 heterocycles. The summed E-state index contributed by atoms with van der Waals surface area (Å²) in [5.41, 5.74) is 1.45. The van der Waals surface area contributed by atoms with E-state index < -0.39 is 5.56 Å². The van der Waals surface area contributed by atoms with Gasteiger partial charge >= 0.3 is 0 Å². The van der Waals surface area contributed by atoms with Crippen molar-refractivity contribution in [2.45, 2.75) is 6.92 Å². The van der Waals surface area contributed by atoms with Gasteiger partial charge in [-0.05, 0) is 35.2 Å².